The first-order valence-electron chi connectivity index (χ1n) is 5.81. The van der Waals surface area contributed by atoms with Crippen LogP contribution in [0, 0.1) is 5.92 Å². The molecule has 1 saturated heterocycles. The van der Waals surface area contributed by atoms with Crippen molar-refractivity contribution in [2.45, 2.75) is 19.4 Å². The molecule has 16 heavy (non-hydrogen) atoms. The Hall–Kier alpha value is -0.970. The van der Waals surface area contributed by atoms with Crippen molar-refractivity contribution in [3.05, 3.63) is 30.1 Å². The molecule has 0 aliphatic carbocycles. The minimum absolute atomic E-state index is 0.638. The van der Waals surface area contributed by atoms with Gasteiger partial charge < -0.3 is 4.84 Å². The molecule has 2 heterocycles. The lowest BCUT2D eigenvalue weighted by molar-refractivity contribution is 0.0658. The second kappa shape index (κ2) is 5.94. The van der Waals surface area contributed by atoms with Crippen LogP contribution in [0.5, 0.6) is 0 Å². The van der Waals surface area contributed by atoms with Crippen LogP contribution < -0.4 is 5.90 Å². The van der Waals surface area contributed by atoms with Crippen LogP contribution in [0.1, 0.15) is 18.4 Å². The van der Waals surface area contributed by atoms with E-state index in [0.717, 1.165) is 19.6 Å². The Morgan fingerprint density at radius 1 is 1.31 bits per heavy atom. The largest absolute Gasteiger partial charge is 0.304 e. The number of aromatic nitrogens is 1. The predicted octanol–water partition coefficient (Wildman–Crippen LogP) is 1.18. The van der Waals surface area contributed by atoms with E-state index in [4.69, 9.17) is 10.7 Å². The van der Waals surface area contributed by atoms with E-state index in [1.807, 2.05) is 12.4 Å². The van der Waals surface area contributed by atoms with E-state index < -0.39 is 0 Å². The fourth-order valence-corrected chi connectivity index (χ4v) is 2.19. The average Bonchev–Trinajstić information content (AvgIpc) is 2.33. The second-order valence-corrected chi connectivity index (χ2v) is 4.41. The molecule has 0 amide bonds. The molecule has 1 aromatic heterocycles. The first kappa shape index (κ1) is 11.5. The van der Waals surface area contributed by atoms with E-state index in [1.165, 1.54) is 18.4 Å². The summed E-state index contributed by atoms with van der Waals surface area (Å²) in [7, 11) is 0. The molecule has 0 unspecified atom stereocenters. The molecule has 4 nitrogen and oxygen atoms in total. The van der Waals surface area contributed by atoms with Gasteiger partial charge in [-0.1, -0.05) is 0 Å². The number of hydrogen-bond donors (Lipinski definition) is 1. The zero-order valence-corrected chi connectivity index (χ0v) is 9.51. The van der Waals surface area contributed by atoms with Crippen LogP contribution in [0.15, 0.2) is 24.5 Å². The monoisotopic (exact) mass is 221 g/mol. The average molecular weight is 221 g/mol. The van der Waals surface area contributed by atoms with Crippen molar-refractivity contribution in [1.82, 2.24) is 9.88 Å². The summed E-state index contributed by atoms with van der Waals surface area (Å²) in [6.45, 7) is 3.99. The van der Waals surface area contributed by atoms with Gasteiger partial charge in [0.05, 0.1) is 6.61 Å². The zero-order chi connectivity index (χ0) is 11.2. The number of hydrogen-bond acceptors (Lipinski definition) is 4. The Labute approximate surface area is 96.4 Å². The molecule has 4 heteroatoms. The molecule has 0 atom stereocenters. The van der Waals surface area contributed by atoms with Crippen molar-refractivity contribution in [1.29, 1.82) is 0 Å². The maximum absolute atomic E-state index is 5.10. The molecule has 0 spiro atoms. The van der Waals surface area contributed by atoms with E-state index >= 15 is 0 Å². The first-order valence-corrected chi connectivity index (χ1v) is 5.81. The number of nitrogens with zero attached hydrogens (tertiary/aromatic N) is 2. The summed E-state index contributed by atoms with van der Waals surface area (Å²) in [6.07, 6.45) is 6.07. The van der Waals surface area contributed by atoms with Gasteiger partial charge in [-0.05, 0) is 49.5 Å². The quantitative estimate of drug-likeness (QED) is 0.776. The van der Waals surface area contributed by atoms with Gasteiger partial charge in [-0.2, -0.15) is 0 Å². The number of nitrogens with two attached hydrogens (primary N) is 1. The van der Waals surface area contributed by atoms with Gasteiger partial charge in [-0.3, -0.25) is 9.88 Å². The molecule has 0 saturated carbocycles. The summed E-state index contributed by atoms with van der Waals surface area (Å²) in [5, 5.41) is 0. The number of pyridine rings is 1. The Morgan fingerprint density at radius 3 is 2.62 bits per heavy atom. The normalized spacial score (nSPS) is 18.8. The highest BCUT2D eigenvalue weighted by Gasteiger charge is 2.18. The molecule has 1 fully saturated rings. The summed E-state index contributed by atoms with van der Waals surface area (Å²) in [6, 6.07) is 4.16. The SMILES string of the molecule is NOCC1CCN(Cc2ccncc2)CC1. The summed E-state index contributed by atoms with van der Waals surface area (Å²) in [5.41, 5.74) is 1.34. The Balaban J connectivity index is 1.77. The minimum atomic E-state index is 0.638. The van der Waals surface area contributed by atoms with Gasteiger partial charge in [0.2, 0.25) is 0 Å². The van der Waals surface area contributed by atoms with Crippen molar-refractivity contribution < 1.29 is 4.84 Å². The molecule has 1 aromatic rings. The van der Waals surface area contributed by atoms with Crippen molar-refractivity contribution >= 4 is 0 Å². The third-order valence-electron chi connectivity index (χ3n) is 3.19. The van der Waals surface area contributed by atoms with Gasteiger partial charge in [0.15, 0.2) is 0 Å². The third-order valence-corrected chi connectivity index (χ3v) is 3.19. The summed E-state index contributed by atoms with van der Waals surface area (Å²) >= 11 is 0. The van der Waals surface area contributed by atoms with Crippen molar-refractivity contribution in [2.75, 3.05) is 19.7 Å². The van der Waals surface area contributed by atoms with Crippen molar-refractivity contribution in [3.8, 4) is 0 Å². The van der Waals surface area contributed by atoms with Gasteiger partial charge in [0.25, 0.3) is 0 Å². The third kappa shape index (κ3) is 3.27. The van der Waals surface area contributed by atoms with Crippen LogP contribution in [-0.4, -0.2) is 29.6 Å². The molecule has 2 rings (SSSR count). The molecule has 0 radical (unpaired) electrons. The maximum Gasteiger partial charge on any atom is 0.0708 e. The smallest absolute Gasteiger partial charge is 0.0708 e. The molecule has 88 valence electrons. The first-order chi connectivity index (χ1) is 7.88. The van der Waals surface area contributed by atoms with E-state index in [0.29, 0.717) is 12.5 Å². The fraction of sp³-hybridized carbons (Fsp3) is 0.583. The number of rotatable bonds is 4. The molecular weight excluding hydrogens is 202 g/mol. The molecule has 2 N–H and O–H groups in total. The van der Waals surface area contributed by atoms with Crippen molar-refractivity contribution in [2.24, 2.45) is 11.8 Å². The van der Waals surface area contributed by atoms with E-state index in [9.17, 15) is 0 Å². The van der Waals surface area contributed by atoms with Crippen molar-refractivity contribution in [3.63, 3.8) is 0 Å². The number of likely N-dealkylation sites (tertiary alicyclic amines) is 1. The van der Waals surface area contributed by atoms with Crippen LogP contribution in [0.2, 0.25) is 0 Å². The van der Waals surface area contributed by atoms with E-state index in [-0.39, 0.29) is 0 Å². The lowest BCUT2D eigenvalue weighted by Gasteiger charge is -2.31. The van der Waals surface area contributed by atoms with Crippen LogP contribution in [0.25, 0.3) is 0 Å². The molecular formula is C12H19N3O. The topological polar surface area (TPSA) is 51.4 Å². The van der Waals surface area contributed by atoms with Gasteiger partial charge in [-0.15, -0.1) is 0 Å². The Morgan fingerprint density at radius 2 is 2.00 bits per heavy atom. The molecule has 0 bridgehead atoms. The second-order valence-electron chi connectivity index (χ2n) is 4.41. The van der Waals surface area contributed by atoms with Gasteiger partial charge in [0.1, 0.15) is 0 Å². The van der Waals surface area contributed by atoms with Crippen LogP contribution in [0.4, 0.5) is 0 Å². The van der Waals surface area contributed by atoms with Crippen LogP contribution >= 0.6 is 0 Å². The van der Waals surface area contributed by atoms with E-state index in [1.54, 1.807) is 0 Å². The Kier molecular flexibility index (Phi) is 4.27. The predicted molar refractivity (Wildman–Crippen MR) is 62.4 cm³/mol. The molecule has 1 aliphatic heterocycles. The lowest BCUT2D eigenvalue weighted by Crippen LogP contribution is -2.35. The maximum atomic E-state index is 5.10. The van der Waals surface area contributed by atoms with Gasteiger partial charge in [0, 0.05) is 18.9 Å². The highest BCUT2D eigenvalue weighted by molar-refractivity contribution is 5.09. The Bertz CT molecular complexity index is 296. The van der Waals surface area contributed by atoms with E-state index in [2.05, 4.69) is 22.0 Å². The van der Waals surface area contributed by atoms with Crippen LogP contribution in [0.3, 0.4) is 0 Å². The van der Waals surface area contributed by atoms with Crippen LogP contribution in [-0.2, 0) is 11.4 Å². The molecule has 1 aliphatic rings. The lowest BCUT2D eigenvalue weighted by atomic mass is 9.97. The van der Waals surface area contributed by atoms with Gasteiger partial charge in [-0.25, -0.2) is 5.90 Å². The highest BCUT2D eigenvalue weighted by atomic mass is 16.6. The standard InChI is InChI=1S/C12H19N3O/c13-16-10-12-3-7-15(8-4-12)9-11-1-5-14-6-2-11/h1-2,5-6,12H,3-4,7-10,13H2. The summed E-state index contributed by atoms with van der Waals surface area (Å²) < 4.78 is 0. The van der Waals surface area contributed by atoms with Gasteiger partial charge >= 0.3 is 0 Å². The number of piperidine rings is 1. The minimum Gasteiger partial charge on any atom is -0.304 e. The highest BCUT2D eigenvalue weighted by Crippen LogP contribution is 2.18. The fourth-order valence-electron chi connectivity index (χ4n) is 2.19. The summed E-state index contributed by atoms with van der Waals surface area (Å²) in [4.78, 5) is 11.2. The zero-order valence-electron chi connectivity index (χ0n) is 9.51. The molecule has 0 aromatic carbocycles. The summed E-state index contributed by atoms with van der Waals surface area (Å²) in [5.74, 6) is 5.73.